The van der Waals surface area contributed by atoms with Gasteiger partial charge in [0.15, 0.2) is 0 Å². The number of aryl methyl sites for hydroxylation is 1. The van der Waals surface area contributed by atoms with Crippen molar-refractivity contribution in [2.45, 2.75) is 19.3 Å². The Morgan fingerprint density at radius 2 is 1.84 bits per heavy atom. The fourth-order valence-electron chi connectivity index (χ4n) is 2.39. The van der Waals surface area contributed by atoms with Gasteiger partial charge in [0, 0.05) is 5.92 Å². The maximum Gasteiger partial charge on any atom is 0.122 e. The van der Waals surface area contributed by atoms with Gasteiger partial charge in [-0.25, -0.2) is 0 Å². The minimum Gasteiger partial charge on any atom is -0.496 e. The molecule has 0 saturated heterocycles. The van der Waals surface area contributed by atoms with Crippen LogP contribution in [0, 0.1) is 6.92 Å². The van der Waals surface area contributed by atoms with E-state index in [0.717, 1.165) is 12.2 Å². The monoisotopic (exact) mass is 255 g/mol. The van der Waals surface area contributed by atoms with Gasteiger partial charge in [0.2, 0.25) is 0 Å². The van der Waals surface area contributed by atoms with Gasteiger partial charge in [-0.05, 0) is 37.1 Å². The van der Waals surface area contributed by atoms with E-state index in [1.165, 1.54) is 16.7 Å². The topological polar surface area (TPSA) is 35.2 Å². The quantitative estimate of drug-likeness (QED) is 0.889. The average molecular weight is 255 g/mol. The van der Waals surface area contributed by atoms with Crippen LogP contribution in [0.25, 0.3) is 0 Å². The number of nitrogens with two attached hydrogens (primary N) is 1. The molecule has 19 heavy (non-hydrogen) atoms. The molecule has 100 valence electrons. The molecule has 2 aromatic carbocycles. The van der Waals surface area contributed by atoms with Crippen LogP contribution in [-0.4, -0.2) is 13.7 Å². The van der Waals surface area contributed by atoms with Gasteiger partial charge >= 0.3 is 0 Å². The summed E-state index contributed by atoms with van der Waals surface area (Å²) in [4.78, 5) is 0. The number of benzene rings is 2. The van der Waals surface area contributed by atoms with Crippen LogP contribution in [0.1, 0.15) is 22.6 Å². The zero-order valence-electron chi connectivity index (χ0n) is 11.6. The molecule has 0 bridgehead atoms. The third-order valence-electron chi connectivity index (χ3n) is 3.43. The molecule has 0 aromatic heterocycles. The highest BCUT2D eigenvalue weighted by Gasteiger charge is 2.15. The third kappa shape index (κ3) is 3.36. The third-order valence-corrected chi connectivity index (χ3v) is 3.43. The van der Waals surface area contributed by atoms with Crippen molar-refractivity contribution in [3.63, 3.8) is 0 Å². The van der Waals surface area contributed by atoms with Gasteiger partial charge < -0.3 is 10.5 Å². The average Bonchev–Trinajstić information content (AvgIpc) is 2.46. The maximum absolute atomic E-state index is 5.97. The molecule has 0 aliphatic rings. The van der Waals surface area contributed by atoms with Crippen molar-refractivity contribution in [1.29, 1.82) is 0 Å². The van der Waals surface area contributed by atoms with Crippen LogP contribution >= 0.6 is 0 Å². The molecule has 2 rings (SSSR count). The highest BCUT2D eigenvalue weighted by atomic mass is 16.5. The van der Waals surface area contributed by atoms with E-state index in [0.29, 0.717) is 6.54 Å². The zero-order valence-corrected chi connectivity index (χ0v) is 11.6. The minimum atomic E-state index is 0.289. The number of hydrogen-bond donors (Lipinski definition) is 1. The molecular formula is C17H21NO. The molecule has 0 radical (unpaired) electrons. The first-order valence-electron chi connectivity index (χ1n) is 6.63. The van der Waals surface area contributed by atoms with Crippen molar-refractivity contribution in [3.8, 4) is 5.75 Å². The van der Waals surface area contributed by atoms with Crippen molar-refractivity contribution in [1.82, 2.24) is 0 Å². The molecule has 1 unspecified atom stereocenters. The standard InChI is InChI=1S/C17H21NO/c1-13-8-9-17(19-2)16(10-13)15(12-18)11-14-6-4-3-5-7-14/h3-10,15H,11-12,18H2,1-2H3. The van der Waals surface area contributed by atoms with E-state index >= 15 is 0 Å². The second kappa shape index (κ2) is 6.39. The molecule has 1 atom stereocenters. The molecule has 0 aliphatic heterocycles. The maximum atomic E-state index is 5.97. The molecule has 0 amide bonds. The molecule has 0 fully saturated rings. The summed E-state index contributed by atoms with van der Waals surface area (Å²) in [7, 11) is 1.71. The number of rotatable bonds is 5. The number of hydrogen-bond acceptors (Lipinski definition) is 2. The van der Waals surface area contributed by atoms with Crippen LogP contribution in [0.4, 0.5) is 0 Å². The predicted octanol–water partition coefficient (Wildman–Crippen LogP) is 3.29. The van der Waals surface area contributed by atoms with Crippen LogP contribution in [0.2, 0.25) is 0 Å². The Morgan fingerprint density at radius 1 is 1.11 bits per heavy atom. The summed E-state index contributed by atoms with van der Waals surface area (Å²) in [5, 5.41) is 0. The summed E-state index contributed by atoms with van der Waals surface area (Å²) in [6, 6.07) is 16.7. The molecule has 0 heterocycles. The van der Waals surface area contributed by atoms with Crippen molar-refractivity contribution in [2.75, 3.05) is 13.7 Å². The first-order valence-corrected chi connectivity index (χ1v) is 6.63. The Morgan fingerprint density at radius 3 is 2.47 bits per heavy atom. The van der Waals surface area contributed by atoms with Gasteiger partial charge in [-0.15, -0.1) is 0 Å². The van der Waals surface area contributed by atoms with Gasteiger partial charge in [0.1, 0.15) is 5.75 Å². The van der Waals surface area contributed by atoms with Crippen LogP contribution in [0.3, 0.4) is 0 Å². The summed E-state index contributed by atoms with van der Waals surface area (Å²) < 4.78 is 5.47. The van der Waals surface area contributed by atoms with Crippen LogP contribution in [0.5, 0.6) is 5.75 Å². The summed E-state index contributed by atoms with van der Waals surface area (Å²) in [6.45, 7) is 2.72. The van der Waals surface area contributed by atoms with Crippen molar-refractivity contribution < 1.29 is 4.74 Å². The summed E-state index contributed by atoms with van der Waals surface area (Å²) >= 11 is 0. The van der Waals surface area contributed by atoms with E-state index in [4.69, 9.17) is 10.5 Å². The fraction of sp³-hybridized carbons (Fsp3) is 0.294. The zero-order chi connectivity index (χ0) is 13.7. The lowest BCUT2D eigenvalue weighted by atomic mass is 9.90. The summed E-state index contributed by atoms with van der Waals surface area (Å²) in [5.41, 5.74) is 9.72. The highest BCUT2D eigenvalue weighted by molar-refractivity contribution is 5.40. The fourth-order valence-corrected chi connectivity index (χ4v) is 2.39. The SMILES string of the molecule is COc1ccc(C)cc1C(CN)Cc1ccccc1. The van der Waals surface area contributed by atoms with Crippen LogP contribution < -0.4 is 10.5 Å². The Labute approximate surface area is 115 Å². The lowest BCUT2D eigenvalue weighted by Gasteiger charge is -2.19. The van der Waals surface area contributed by atoms with Crippen molar-refractivity contribution in [2.24, 2.45) is 5.73 Å². The Balaban J connectivity index is 2.29. The van der Waals surface area contributed by atoms with Gasteiger partial charge in [0.05, 0.1) is 7.11 Å². The molecular weight excluding hydrogens is 234 g/mol. The van der Waals surface area contributed by atoms with E-state index in [2.05, 4.69) is 43.3 Å². The molecule has 0 aliphatic carbocycles. The second-order valence-corrected chi connectivity index (χ2v) is 4.87. The van der Waals surface area contributed by atoms with E-state index in [1.54, 1.807) is 7.11 Å². The minimum absolute atomic E-state index is 0.289. The molecule has 0 spiro atoms. The van der Waals surface area contributed by atoms with Gasteiger partial charge in [-0.1, -0.05) is 48.0 Å². The normalized spacial score (nSPS) is 12.2. The van der Waals surface area contributed by atoms with Crippen molar-refractivity contribution in [3.05, 3.63) is 65.2 Å². The first kappa shape index (κ1) is 13.6. The molecule has 2 N–H and O–H groups in total. The molecule has 2 nitrogen and oxygen atoms in total. The van der Waals surface area contributed by atoms with Crippen LogP contribution in [0.15, 0.2) is 48.5 Å². The predicted molar refractivity (Wildman–Crippen MR) is 79.7 cm³/mol. The number of methoxy groups -OCH3 is 1. The first-order chi connectivity index (χ1) is 9.24. The second-order valence-electron chi connectivity index (χ2n) is 4.87. The van der Waals surface area contributed by atoms with Gasteiger partial charge in [0.25, 0.3) is 0 Å². The lowest BCUT2D eigenvalue weighted by molar-refractivity contribution is 0.405. The smallest absolute Gasteiger partial charge is 0.122 e. The molecule has 2 aromatic rings. The Kier molecular flexibility index (Phi) is 4.58. The van der Waals surface area contributed by atoms with E-state index in [-0.39, 0.29) is 5.92 Å². The molecule has 0 saturated carbocycles. The Hall–Kier alpha value is -1.80. The largest absolute Gasteiger partial charge is 0.496 e. The van der Waals surface area contributed by atoms with Gasteiger partial charge in [-0.2, -0.15) is 0 Å². The lowest BCUT2D eigenvalue weighted by Crippen LogP contribution is -2.16. The van der Waals surface area contributed by atoms with E-state index in [9.17, 15) is 0 Å². The Bertz CT molecular complexity index is 522. The van der Waals surface area contributed by atoms with E-state index < -0.39 is 0 Å². The summed E-state index contributed by atoms with van der Waals surface area (Å²) in [5.74, 6) is 1.22. The highest BCUT2D eigenvalue weighted by Crippen LogP contribution is 2.29. The van der Waals surface area contributed by atoms with Crippen LogP contribution in [-0.2, 0) is 6.42 Å². The van der Waals surface area contributed by atoms with Crippen molar-refractivity contribution >= 4 is 0 Å². The molecule has 2 heteroatoms. The van der Waals surface area contributed by atoms with Gasteiger partial charge in [-0.3, -0.25) is 0 Å². The number of ether oxygens (including phenoxy) is 1. The van der Waals surface area contributed by atoms with E-state index in [1.807, 2.05) is 12.1 Å². The summed E-state index contributed by atoms with van der Waals surface area (Å²) in [6.07, 6.45) is 0.942.